The molecular weight excluding hydrogens is 272 g/mol. The second-order valence-electron chi connectivity index (χ2n) is 4.81. The summed E-state index contributed by atoms with van der Waals surface area (Å²) in [5.41, 5.74) is 0.577. The van der Waals surface area contributed by atoms with Crippen molar-refractivity contribution in [3.05, 3.63) is 36.0 Å². The van der Waals surface area contributed by atoms with Crippen LogP contribution in [0.4, 0.5) is 0 Å². The first-order chi connectivity index (χ1) is 9.91. The number of carbonyl (C=O) groups is 2. The third-order valence-corrected chi connectivity index (χ3v) is 3.05. The van der Waals surface area contributed by atoms with Crippen molar-refractivity contribution >= 4 is 22.8 Å². The predicted octanol–water partition coefficient (Wildman–Crippen LogP) is 1.79. The van der Waals surface area contributed by atoms with Gasteiger partial charge in [0.15, 0.2) is 11.9 Å². The molecule has 0 radical (unpaired) electrons. The van der Waals surface area contributed by atoms with Gasteiger partial charge in [0.2, 0.25) is 0 Å². The molecule has 0 bridgehead atoms. The largest absolute Gasteiger partial charge is 0.478 e. The molecule has 6 nitrogen and oxygen atoms in total. The van der Waals surface area contributed by atoms with Gasteiger partial charge in [-0.2, -0.15) is 0 Å². The van der Waals surface area contributed by atoms with Gasteiger partial charge in [-0.15, -0.1) is 0 Å². The van der Waals surface area contributed by atoms with Crippen LogP contribution < -0.4 is 4.74 Å². The Morgan fingerprint density at radius 3 is 2.57 bits per heavy atom. The number of carboxylic acids is 1. The van der Waals surface area contributed by atoms with Crippen molar-refractivity contribution in [2.45, 2.75) is 13.0 Å². The number of hydrogen-bond donors (Lipinski definition) is 1. The molecule has 0 fully saturated rings. The van der Waals surface area contributed by atoms with E-state index >= 15 is 0 Å². The molecule has 1 atom stereocenters. The van der Waals surface area contributed by atoms with Gasteiger partial charge >= 0.3 is 5.97 Å². The number of aromatic nitrogens is 1. The van der Waals surface area contributed by atoms with Crippen molar-refractivity contribution < 1.29 is 19.4 Å². The number of nitrogens with zero attached hydrogens (tertiary/aromatic N) is 2. The Morgan fingerprint density at radius 1 is 1.29 bits per heavy atom. The Morgan fingerprint density at radius 2 is 1.95 bits per heavy atom. The first kappa shape index (κ1) is 14.8. The predicted molar refractivity (Wildman–Crippen MR) is 77.5 cm³/mol. The number of para-hydroxylation sites is 1. The maximum Gasteiger partial charge on any atom is 0.340 e. The molecule has 0 spiro atoms. The van der Waals surface area contributed by atoms with Crippen LogP contribution in [0.5, 0.6) is 5.75 Å². The number of benzene rings is 1. The molecule has 0 aliphatic heterocycles. The highest BCUT2D eigenvalue weighted by atomic mass is 16.5. The second-order valence-corrected chi connectivity index (χ2v) is 4.81. The molecule has 1 N–H and O–H groups in total. The fraction of sp³-hybridized carbons (Fsp3) is 0.267. The number of fused-ring (bicyclic) bond motifs is 1. The van der Waals surface area contributed by atoms with Crippen LogP contribution in [0.2, 0.25) is 0 Å². The van der Waals surface area contributed by atoms with E-state index in [0.717, 1.165) is 0 Å². The van der Waals surface area contributed by atoms with E-state index in [1.807, 2.05) is 0 Å². The van der Waals surface area contributed by atoms with Crippen LogP contribution in [0.1, 0.15) is 17.3 Å². The standard InChI is InChI=1S/C15H16N2O4/c1-9(14(18)17(2)3)21-12-8-16-11-7-5-4-6-10(11)13(12)15(19)20/h4-9H,1-3H3,(H,19,20). The number of carboxylic acid groups (broad SMARTS) is 1. The Hall–Kier alpha value is -2.63. The molecule has 110 valence electrons. The van der Waals surface area contributed by atoms with Crippen LogP contribution in [-0.2, 0) is 4.79 Å². The summed E-state index contributed by atoms with van der Waals surface area (Å²) in [4.78, 5) is 28.9. The van der Waals surface area contributed by atoms with Crippen molar-refractivity contribution in [3.63, 3.8) is 0 Å². The van der Waals surface area contributed by atoms with Gasteiger partial charge in [-0.3, -0.25) is 9.78 Å². The molecule has 0 aliphatic rings. The molecule has 1 amide bonds. The molecule has 1 unspecified atom stereocenters. The fourth-order valence-electron chi connectivity index (χ4n) is 2.04. The zero-order valence-electron chi connectivity index (χ0n) is 12.0. The molecule has 2 aromatic rings. The van der Waals surface area contributed by atoms with E-state index in [1.165, 1.54) is 11.1 Å². The highest BCUT2D eigenvalue weighted by molar-refractivity contribution is 6.05. The highest BCUT2D eigenvalue weighted by Crippen LogP contribution is 2.27. The molecular formula is C15H16N2O4. The Labute approximate surface area is 122 Å². The third kappa shape index (κ3) is 2.94. The summed E-state index contributed by atoms with van der Waals surface area (Å²) < 4.78 is 5.50. The molecule has 1 aromatic heterocycles. The minimum Gasteiger partial charge on any atom is -0.478 e. The first-order valence-electron chi connectivity index (χ1n) is 6.40. The molecule has 0 saturated carbocycles. The highest BCUT2D eigenvalue weighted by Gasteiger charge is 2.22. The lowest BCUT2D eigenvalue weighted by Gasteiger charge is -2.19. The van der Waals surface area contributed by atoms with Gasteiger partial charge in [-0.05, 0) is 13.0 Å². The van der Waals surface area contributed by atoms with Gasteiger partial charge in [0.05, 0.1) is 11.7 Å². The lowest BCUT2D eigenvalue weighted by molar-refractivity contribution is -0.135. The quantitative estimate of drug-likeness (QED) is 0.927. The molecule has 6 heteroatoms. The second kappa shape index (κ2) is 5.78. The number of aromatic carboxylic acids is 1. The van der Waals surface area contributed by atoms with Crippen LogP contribution in [0.25, 0.3) is 10.9 Å². The summed E-state index contributed by atoms with van der Waals surface area (Å²) in [5, 5.41) is 9.90. The van der Waals surface area contributed by atoms with E-state index in [1.54, 1.807) is 45.3 Å². The van der Waals surface area contributed by atoms with E-state index in [2.05, 4.69) is 4.98 Å². The smallest absolute Gasteiger partial charge is 0.340 e. The Balaban J connectivity index is 2.47. The Bertz CT molecular complexity index is 697. The third-order valence-electron chi connectivity index (χ3n) is 3.05. The zero-order valence-corrected chi connectivity index (χ0v) is 12.0. The van der Waals surface area contributed by atoms with Crippen molar-refractivity contribution in [1.29, 1.82) is 0 Å². The van der Waals surface area contributed by atoms with Crippen LogP contribution in [0.15, 0.2) is 30.5 Å². The van der Waals surface area contributed by atoms with Gasteiger partial charge in [0.25, 0.3) is 5.91 Å². The monoisotopic (exact) mass is 288 g/mol. The molecule has 1 heterocycles. The molecule has 0 aliphatic carbocycles. The van der Waals surface area contributed by atoms with E-state index < -0.39 is 12.1 Å². The van der Waals surface area contributed by atoms with Crippen LogP contribution in [-0.4, -0.2) is 47.1 Å². The van der Waals surface area contributed by atoms with Crippen LogP contribution in [0, 0.1) is 0 Å². The van der Waals surface area contributed by atoms with E-state index in [9.17, 15) is 14.7 Å². The fourth-order valence-corrected chi connectivity index (χ4v) is 2.04. The van der Waals surface area contributed by atoms with Crippen LogP contribution in [0.3, 0.4) is 0 Å². The topological polar surface area (TPSA) is 79.7 Å². The van der Waals surface area contributed by atoms with E-state index in [4.69, 9.17) is 4.74 Å². The average molecular weight is 288 g/mol. The van der Waals surface area contributed by atoms with Gasteiger partial charge in [0, 0.05) is 19.5 Å². The number of ether oxygens (including phenoxy) is 1. The minimum absolute atomic E-state index is 0.0130. The Kier molecular flexibility index (Phi) is 4.07. The number of carbonyl (C=O) groups excluding carboxylic acids is 1. The lowest BCUT2D eigenvalue weighted by atomic mass is 10.1. The number of rotatable bonds is 4. The zero-order chi connectivity index (χ0) is 15.6. The molecule has 21 heavy (non-hydrogen) atoms. The van der Waals surface area contributed by atoms with E-state index in [0.29, 0.717) is 10.9 Å². The first-order valence-corrected chi connectivity index (χ1v) is 6.40. The maximum absolute atomic E-state index is 11.8. The van der Waals surface area contributed by atoms with Gasteiger partial charge < -0.3 is 14.7 Å². The number of hydrogen-bond acceptors (Lipinski definition) is 4. The molecule has 2 rings (SSSR count). The summed E-state index contributed by atoms with van der Waals surface area (Å²) >= 11 is 0. The summed E-state index contributed by atoms with van der Waals surface area (Å²) in [6.45, 7) is 1.57. The van der Waals surface area contributed by atoms with Crippen molar-refractivity contribution in [2.75, 3.05) is 14.1 Å². The SMILES string of the molecule is CC(Oc1cnc2ccccc2c1C(=O)O)C(=O)N(C)C. The van der Waals surface area contributed by atoms with Crippen LogP contribution >= 0.6 is 0 Å². The van der Waals surface area contributed by atoms with Gasteiger partial charge in [-0.25, -0.2) is 4.79 Å². The van der Waals surface area contributed by atoms with Crippen molar-refractivity contribution in [3.8, 4) is 5.75 Å². The van der Waals surface area contributed by atoms with E-state index in [-0.39, 0.29) is 17.2 Å². The van der Waals surface area contributed by atoms with Gasteiger partial charge in [-0.1, -0.05) is 18.2 Å². The van der Waals surface area contributed by atoms with Gasteiger partial charge in [0.1, 0.15) is 5.56 Å². The molecule has 0 saturated heterocycles. The minimum atomic E-state index is -1.12. The van der Waals surface area contributed by atoms with Crippen molar-refractivity contribution in [2.24, 2.45) is 0 Å². The lowest BCUT2D eigenvalue weighted by Crippen LogP contribution is -2.35. The summed E-state index contributed by atoms with van der Waals surface area (Å²) in [6.07, 6.45) is 0.548. The number of pyridine rings is 1. The summed E-state index contributed by atoms with van der Waals surface area (Å²) in [5.74, 6) is -1.28. The number of amides is 1. The average Bonchev–Trinajstić information content (AvgIpc) is 2.45. The summed E-state index contributed by atoms with van der Waals surface area (Å²) in [6, 6.07) is 6.89. The summed E-state index contributed by atoms with van der Waals surface area (Å²) in [7, 11) is 3.22. The molecule has 1 aromatic carbocycles. The normalized spacial score (nSPS) is 12.0. The van der Waals surface area contributed by atoms with Crippen molar-refractivity contribution in [1.82, 2.24) is 9.88 Å². The number of likely N-dealkylation sites (N-methyl/N-ethyl adjacent to an activating group) is 1. The maximum atomic E-state index is 11.8.